The van der Waals surface area contributed by atoms with Gasteiger partial charge in [0, 0.05) is 44.1 Å². The van der Waals surface area contributed by atoms with E-state index < -0.39 is 0 Å². The third-order valence-electron chi connectivity index (χ3n) is 6.33. The number of aromatic nitrogens is 2. The molecule has 2 aromatic rings. The fourth-order valence-corrected chi connectivity index (χ4v) is 5.03. The van der Waals surface area contributed by atoms with Crippen LogP contribution in [0.25, 0.3) is 11.0 Å². The average molecular weight is 414 g/mol. The van der Waals surface area contributed by atoms with Crippen LogP contribution >= 0.6 is 24.2 Å². The number of aryl methyl sites for hydroxylation is 1. The fraction of sp³-hybridized carbons (Fsp3) is 0.650. The molecule has 7 heteroatoms. The van der Waals surface area contributed by atoms with Crippen molar-refractivity contribution >= 4 is 35.2 Å². The number of halogens is 2. The van der Waals surface area contributed by atoms with Gasteiger partial charge in [0.15, 0.2) is 0 Å². The molecule has 0 bridgehead atoms. The second-order valence-electron chi connectivity index (χ2n) is 7.86. The van der Waals surface area contributed by atoms with Gasteiger partial charge in [-0.3, -0.25) is 4.57 Å². The molecule has 1 aromatic carbocycles. The molecule has 150 valence electrons. The first-order chi connectivity index (χ1) is 12.6. The van der Waals surface area contributed by atoms with E-state index in [1.54, 1.807) is 0 Å². The number of ether oxygens (including phenoxy) is 1. The second-order valence-corrected chi connectivity index (χ2v) is 8.20. The normalized spacial score (nSPS) is 24.9. The number of benzene rings is 1. The lowest BCUT2D eigenvalue weighted by atomic mass is 9.90. The van der Waals surface area contributed by atoms with Crippen molar-refractivity contribution in [3.8, 4) is 0 Å². The van der Waals surface area contributed by atoms with Crippen LogP contribution in [0.15, 0.2) is 23.0 Å². The topological polar surface area (TPSA) is 39.4 Å². The lowest BCUT2D eigenvalue weighted by Gasteiger charge is -2.40. The Kier molecular flexibility index (Phi) is 6.57. The molecule has 2 fully saturated rings. The highest BCUT2D eigenvalue weighted by Crippen LogP contribution is 2.31. The molecule has 2 aliphatic rings. The van der Waals surface area contributed by atoms with E-state index in [1.807, 2.05) is 23.8 Å². The van der Waals surface area contributed by atoms with Crippen LogP contribution in [0.2, 0.25) is 0 Å². The lowest BCUT2D eigenvalue weighted by molar-refractivity contribution is 0.0296. The molecule has 1 aliphatic carbocycles. The highest BCUT2D eigenvalue weighted by atomic mass is 35.5. The Morgan fingerprint density at radius 3 is 2.30 bits per heavy atom. The highest BCUT2D eigenvalue weighted by molar-refractivity contribution is 6.18. The summed E-state index contributed by atoms with van der Waals surface area (Å²) in [6.45, 7) is 4.17. The molecular weight excluding hydrogens is 385 g/mol. The van der Waals surface area contributed by atoms with Crippen molar-refractivity contribution in [1.82, 2.24) is 13.6 Å². The molecule has 27 heavy (non-hydrogen) atoms. The van der Waals surface area contributed by atoms with Gasteiger partial charge in [-0.2, -0.15) is 0 Å². The summed E-state index contributed by atoms with van der Waals surface area (Å²) in [5.41, 5.74) is 2.82. The van der Waals surface area contributed by atoms with E-state index in [0.717, 1.165) is 42.5 Å². The Balaban J connectivity index is 0.00000210. The zero-order chi connectivity index (χ0) is 18.3. The van der Waals surface area contributed by atoms with E-state index in [0.29, 0.717) is 12.1 Å². The summed E-state index contributed by atoms with van der Waals surface area (Å²) in [4.78, 5) is 15.3. The van der Waals surface area contributed by atoms with Gasteiger partial charge in [0.2, 0.25) is 0 Å². The van der Waals surface area contributed by atoms with Gasteiger partial charge in [0.25, 0.3) is 0 Å². The van der Waals surface area contributed by atoms with Crippen molar-refractivity contribution in [3.63, 3.8) is 0 Å². The number of rotatable bonds is 3. The monoisotopic (exact) mass is 413 g/mol. The van der Waals surface area contributed by atoms with Crippen molar-refractivity contribution in [2.24, 2.45) is 0 Å². The molecule has 5 nitrogen and oxygen atoms in total. The molecule has 0 unspecified atom stereocenters. The van der Waals surface area contributed by atoms with Crippen LogP contribution in [-0.2, 0) is 4.74 Å². The van der Waals surface area contributed by atoms with Gasteiger partial charge in [-0.05, 0) is 63.1 Å². The fourth-order valence-electron chi connectivity index (χ4n) is 4.80. The summed E-state index contributed by atoms with van der Waals surface area (Å²) in [5, 5.41) is 0. The van der Waals surface area contributed by atoms with Gasteiger partial charge < -0.3 is 9.64 Å². The molecule has 0 atom stereocenters. The van der Waals surface area contributed by atoms with Crippen molar-refractivity contribution in [2.45, 2.75) is 63.6 Å². The van der Waals surface area contributed by atoms with Gasteiger partial charge in [-0.15, -0.1) is 12.4 Å². The summed E-state index contributed by atoms with van der Waals surface area (Å²) in [6.07, 6.45) is 7.24. The van der Waals surface area contributed by atoms with Crippen LogP contribution in [0.5, 0.6) is 0 Å². The van der Waals surface area contributed by atoms with Crippen LogP contribution < -0.4 is 5.69 Å². The summed E-state index contributed by atoms with van der Waals surface area (Å²) in [5.74, 6) is 0. The van der Waals surface area contributed by atoms with Crippen molar-refractivity contribution in [2.75, 3.05) is 20.2 Å². The predicted molar refractivity (Wildman–Crippen MR) is 112 cm³/mol. The first-order valence-corrected chi connectivity index (χ1v) is 10.1. The minimum absolute atomic E-state index is 0. The highest BCUT2D eigenvalue weighted by Gasteiger charge is 2.30. The minimum atomic E-state index is -0.105. The number of methoxy groups -OCH3 is 1. The lowest BCUT2D eigenvalue weighted by Crippen LogP contribution is -2.45. The van der Waals surface area contributed by atoms with E-state index >= 15 is 0 Å². The van der Waals surface area contributed by atoms with E-state index in [-0.39, 0.29) is 24.1 Å². The average Bonchev–Trinajstić information content (AvgIpc) is 2.92. The number of piperidine rings is 1. The third kappa shape index (κ3) is 3.93. The summed E-state index contributed by atoms with van der Waals surface area (Å²) >= 11 is 6.26. The Morgan fingerprint density at radius 2 is 1.67 bits per heavy atom. The van der Waals surface area contributed by atoms with Crippen molar-refractivity contribution in [3.05, 3.63) is 34.2 Å². The molecule has 1 aliphatic heterocycles. The quantitative estimate of drug-likeness (QED) is 0.758. The number of nitrogens with zero attached hydrogens (tertiary/aromatic N) is 3. The van der Waals surface area contributed by atoms with Gasteiger partial charge in [-0.25, -0.2) is 8.88 Å². The van der Waals surface area contributed by atoms with Crippen molar-refractivity contribution in [1.29, 1.82) is 0 Å². The molecule has 0 spiro atoms. The van der Waals surface area contributed by atoms with E-state index in [4.69, 9.17) is 16.5 Å². The Bertz CT molecular complexity index is 832. The minimum Gasteiger partial charge on any atom is -0.381 e. The van der Waals surface area contributed by atoms with Crippen LogP contribution in [0, 0.1) is 6.92 Å². The van der Waals surface area contributed by atoms with E-state index in [1.165, 1.54) is 29.8 Å². The molecule has 2 heterocycles. The predicted octanol–water partition coefficient (Wildman–Crippen LogP) is 4.13. The van der Waals surface area contributed by atoms with Gasteiger partial charge in [-0.1, -0.05) is 6.07 Å². The number of likely N-dealkylation sites (tertiary alicyclic amines) is 1. The van der Waals surface area contributed by atoms with Crippen LogP contribution in [0.3, 0.4) is 0 Å². The van der Waals surface area contributed by atoms with E-state index in [9.17, 15) is 4.79 Å². The van der Waals surface area contributed by atoms with Crippen molar-refractivity contribution < 1.29 is 4.74 Å². The smallest absolute Gasteiger partial charge is 0.344 e. The molecule has 0 radical (unpaired) electrons. The van der Waals surface area contributed by atoms with Crippen LogP contribution in [-0.4, -0.2) is 45.9 Å². The standard InChI is InChI=1S/C20H28ClN3O2.ClH/c1-14-3-8-18-19(13-14)23(20(25)24(18)21)16-9-11-22(12-10-16)15-4-6-17(26-2)7-5-15;/h3,8,13,15-17H,4-7,9-12H2,1-2H3;1H. The molecule has 1 saturated heterocycles. The molecule has 0 amide bonds. The molecular formula is C20H29Cl2N3O2. The van der Waals surface area contributed by atoms with E-state index in [2.05, 4.69) is 17.9 Å². The maximum atomic E-state index is 12.7. The SMILES string of the molecule is COC1CCC(N2CCC(n3c(=O)n(Cl)c4ccc(C)cc43)CC2)CC1.Cl. The first kappa shape index (κ1) is 20.7. The number of hydrogen-bond donors (Lipinski definition) is 0. The summed E-state index contributed by atoms with van der Waals surface area (Å²) < 4.78 is 8.69. The summed E-state index contributed by atoms with van der Waals surface area (Å²) in [7, 11) is 1.82. The van der Waals surface area contributed by atoms with Crippen LogP contribution in [0.1, 0.15) is 50.1 Å². The maximum absolute atomic E-state index is 12.7. The molecule has 1 saturated carbocycles. The van der Waals surface area contributed by atoms with Crippen LogP contribution in [0.4, 0.5) is 0 Å². The molecule has 1 aromatic heterocycles. The Labute approximate surface area is 171 Å². The first-order valence-electron chi connectivity index (χ1n) is 9.75. The molecule has 0 N–H and O–H groups in total. The Hall–Kier alpha value is -1.01. The number of hydrogen-bond acceptors (Lipinski definition) is 3. The number of imidazole rings is 1. The largest absolute Gasteiger partial charge is 0.381 e. The third-order valence-corrected chi connectivity index (χ3v) is 6.66. The second kappa shape index (κ2) is 8.56. The summed E-state index contributed by atoms with van der Waals surface area (Å²) in [6, 6.07) is 6.94. The molecule has 4 rings (SSSR count). The van der Waals surface area contributed by atoms with Gasteiger partial charge in [0.05, 0.1) is 17.1 Å². The maximum Gasteiger partial charge on any atom is 0.344 e. The zero-order valence-corrected chi connectivity index (χ0v) is 17.6. The zero-order valence-electron chi connectivity index (χ0n) is 16.1. The Morgan fingerprint density at radius 1 is 1.00 bits per heavy atom. The van der Waals surface area contributed by atoms with Gasteiger partial charge in [0.1, 0.15) is 0 Å². The number of fused-ring (bicyclic) bond motifs is 1. The van der Waals surface area contributed by atoms with Gasteiger partial charge >= 0.3 is 5.69 Å².